The fourth-order valence-electron chi connectivity index (χ4n) is 3.10. The van der Waals surface area contributed by atoms with Gasteiger partial charge in [-0.1, -0.05) is 31.3 Å². The minimum atomic E-state index is -0.435. The number of nitrogens with one attached hydrogen (secondary N) is 1. The molecule has 8 heteroatoms. The molecule has 1 N–H and O–H groups in total. The van der Waals surface area contributed by atoms with Crippen LogP contribution in [0.2, 0.25) is 0 Å². The van der Waals surface area contributed by atoms with E-state index in [1.165, 1.54) is 22.7 Å². The quantitative estimate of drug-likeness (QED) is 0.831. The van der Waals surface area contributed by atoms with E-state index in [4.69, 9.17) is 0 Å². The summed E-state index contributed by atoms with van der Waals surface area (Å²) >= 11 is 2.83. The molecule has 1 atom stereocenters. The van der Waals surface area contributed by atoms with E-state index in [9.17, 15) is 9.59 Å². The van der Waals surface area contributed by atoms with E-state index in [0.29, 0.717) is 28.9 Å². The maximum Gasteiger partial charge on any atom is 0.264 e. The summed E-state index contributed by atoms with van der Waals surface area (Å²) in [5.41, 5.74) is 0. The number of thiophene rings is 1. The highest BCUT2D eigenvalue weighted by molar-refractivity contribution is 7.15. The summed E-state index contributed by atoms with van der Waals surface area (Å²) in [5, 5.41) is 14.5. The van der Waals surface area contributed by atoms with Gasteiger partial charge in [0.15, 0.2) is 0 Å². The number of amides is 2. The first-order valence-electron chi connectivity index (χ1n) is 8.62. The lowest BCUT2D eigenvalue weighted by molar-refractivity contribution is -0.119. The van der Waals surface area contributed by atoms with Gasteiger partial charge in [0.25, 0.3) is 5.91 Å². The Kier molecular flexibility index (Phi) is 5.80. The summed E-state index contributed by atoms with van der Waals surface area (Å²) in [5.74, 6) is 0.142. The minimum absolute atomic E-state index is 0.0670. The molecule has 0 unspecified atom stereocenters. The molecule has 0 bridgehead atoms. The molecule has 134 valence electrons. The number of nitrogens with zero attached hydrogens (tertiary/aromatic N) is 3. The van der Waals surface area contributed by atoms with Gasteiger partial charge in [0, 0.05) is 12.5 Å². The van der Waals surface area contributed by atoms with Crippen molar-refractivity contribution in [2.75, 3.05) is 11.9 Å². The summed E-state index contributed by atoms with van der Waals surface area (Å²) in [4.78, 5) is 27.6. The maximum absolute atomic E-state index is 12.7. The van der Waals surface area contributed by atoms with Crippen molar-refractivity contribution in [3.05, 3.63) is 27.4 Å². The lowest BCUT2D eigenvalue weighted by Crippen LogP contribution is -2.42. The zero-order valence-electron chi connectivity index (χ0n) is 14.4. The van der Waals surface area contributed by atoms with E-state index in [0.717, 1.165) is 24.3 Å². The molecule has 0 radical (unpaired) electrons. The van der Waals surface area contributed by atoms with E-state index in [2.05, 4.69) is 29.4 Å². The van der Waals surface area contributed by atoms with Crippen molar-refractivity contribution in [2.24, 2.45) is 0 Å². The maximum atomic E-state index is 12.7. The van der Waals surface area contributed by atoms with Crippen LogP contribution in [0.1, 0.15) is 60.1 Å². The fourth-order valence-corrected chi connectivity index (χ4v) is 4.79. The van der Waals surface area contributed by atoms with E-state index in [1.54, 1.807) is 11.0 Å². The molecule has 3 rings (SSSR count). The number of hydrogen-bond acceptors (Lipinski definition) is 6. The van der Waals surface area contributed by atoms with Gasteiger partial charge in [-0.3, -0.25) is 14.9 Å². The Morgan fingerprint density at radius 1 is 1.36 bits per heavy atom. The Morgan fingerprint density at radius 3 is 2.84 bits per heavy atom. The largest absolute Gasteiger partial charge is 0.326 e. The average Bonchev–Trinajstić information content (AvgIpc) is 3.36. The van der Waals surface area contributed by atoms with Gasteiger partial charge in [0.2, 0.25) is 11.0 Å². The predicted molar refractivity (Wildman–Crippen MR) is 100 cm³/mol. The lowest BCUT2D eigenvalue weighted by atomic mass is 10.1. The van der Waals surface area contributed by atoms with Gasteiger partial charge >= 0.3 is 0 Å². The second kappa shape index (κ2) is 8.05. The van der Waals surface area contributed by atoms with Gasteiger partial charge in [0.05, 0.1) is 4.88 Å². The number of anilines is 1. The van der Waals surface area contributed by atoms with Crippen LogP contribution in [0.5, 0.6) is 0 Å². The molecular formula is C17H22N4O2S2. The van der Waals surface area contributed by atoms with Gasteiger partial charge in [0.1, 0.15) is 11.0 Å². The van der Waals surface area contributed by atoms with Crippen molar-refractivity contribution in [3.63, 3.8) is 0 Å². The number of likely N-dealkylation sites (tertiary alicyclic amines) is 1. The number of carbonyl (C=O) groups is 2. The van der Waals surface area contributed by atoms with Crippen molar-refractivity contribution in [2.45, 2.75) is 51.5 Å². The molecule has 1 saturated heterocycles. The Labute approximate surface area is 155 Å². The van der Waals surface area contributed by atoms with E-state index in [1.807, 2.05) is 11.4 Å². The number of rotatable bonds is 6. The second-order valence-electron chi connectivity index (χ2n) is 6.08. The van der Waals surface area contributed by atoms with Crippen molar-refractivity contribution in [1.29, 1.82) is 0 Å². The summed E-state index contributed by atoms with van der Waals surface area (Å²) in [6, 6.07) is 3.21. The zero-order chi connectivity index (χ0) is 17.8. The van der Waals surface area contributed by atoms with Crippen LogP contribution in [-0.2, 0) is 4.79 Å². The van der Waals surface area contributed by atoms with Crippen LogP contribution in [0.25, 0.3) is 0 Å². The average molecular weight is 379 g/mol. The lowest BCUT2D eigenvalue weighted by Gasteiger charge is -2.22. The zero-order valence-corrected chi connectivity index (χ0v) is 16.0. The molecule has 1 aliphatic heterocycles. The highest BCUT2D eigenvalue weighted by Crippen LogP contribution is 2.29. The second-order valence-corrected chi connectivity index (χ2v) is 8.04. The molecule has 0 aliphatic carbocycles. The first-order valence-corrected chi connectivity index (χ1v) is 10.3. The standard InChI is InChI=1S/C17H22N4O2S2/c1-3-11(4-2)15-19-20-17(25-15)18-14(22)12-7-5-9-21(12)16(23)13-8-6-10-24-13/h6,8,10-12H,3-5,7,9H2,1-2H3,(H,18,20,22)/t12-/m0/s1. The van der Waals surface area contributed by atoms with Crippen molar-refractivity contribution in [1.82, 2.24) is 15.1 Å². The van der Waals surface area contributed by atoms with Crippen molar-refractivity contribution in [3.8, 4) is 0 Å². The third kappa shape index (κ3) is 3.90. The van der Waals surface area contributed by atoms with Crippen LogP contribution in [0.3, 0.4) is 0 Å². The van der Waals surface area contributed by atoms with Crippen LogP contribution in [0.15, 0.2) is 17.5 Å². The van der Waals surface area contributed by atoms with Gasteiger partial charge in [-0.25, -0.2) is 0 Å². The van der Waals surface area contributed by atoms with Crippen LogP contribution in [0, 0.1) is 0 Å². The topological polar surface area (TPSA) is 75.2 Å². The normalized spacial score (nSPS) is 17.2. The van der Waals surface area contributed by atoms with Gasteiger partial charge in [-0.15, -0.1) is 21.5 Å². The van der Waals surface area contributed by atoms with E-state index in [-0.39, 0.29) is 11.8 Å². The molecule has 2 aromatic heterocycles. The Balaban J connectivity index is 1.67. The summed E-state index contributed by atoms with van der Waals surface area (Å²) in [7, 11) is 0. The Bertz CT molecular complexity index is 725. The van der Waals surface area contributed by atoms with Crippen molar-refractivity contribution >= 4 is 39.6 Å². The SMILES string of the molecule is CCC(CC)c1nnc(NC(=O)[C@@H]2CCCN2C(=O)c2cccs2)s1. The van der Waals surface area contributed by atoms with Gasteiger partial charge < -0.3 is 4.90 Å². The summed E-state index contributed by atoms with van der Waals surface area (Å²) in [6.45, 7) is 4.87. The molecule has 0 aromatic carbocycles. The van der Waals surface area contributed by atoms with Gasteiger partial charge in [-0.2, -0.15) is 0 Å². The van der Waals surface area contributed by atoms with Crippen LogP contribution in [0.4, 0.5) is 5.13 Å². The summed E-state index contributed by atoms with van der Waals surface area (Å²) < 4.78 is 0. The highest BCUT2D eigenvalue weighted by atomic mass is 32.1. The number of carbonyl (C=O) groups excluding carboxylic acids is 2. The monoisotopic (exact) mass is 378 g/mol. The molecule has 1 aliphatic rings. The fraction of sp³-hybridized carbons (Fsp3) is 0.529. The van der Waals surface area contributed by atoms with E-state index < -0.39 is 6.04 Å². The van der Waals surface area contributed by atoms with Crippen LogP contribution >= 0.6 is 22.7 Å². The first-order chi connectivity index (χ1) is 12.1. The minimum Gasteiger partial charge on any atom is -0.326 e. The molecule has 0 spiro atoms. The van der Waals surface area contributed by atoms with Crippen LogP contribution < -0.4 is 5.32 Å². The smallest absolute Gasteiger partial charge is 0.264 e. The Hall–Kier alpha value is -1.80. The summed E-state index contributed by atoms with van der Waals surface area (Å²) in [6.07, 6.45) is 3.53. The molecule has 3 heterocycles. The van der Waals surface area contributed by atoms with Gasteiger partial charge in [-0.05, 0) is 37.1 Å². The molecule has 2 aromatic rings. The number of hydrogen-bond donors (Lipinski definition) is 1. The molecule has 25 heavy (non-hydrogen) atoms. The third-order valence-corrected chi connectivity index (χ3v) is 6.41. The molecule has 6 nitrogen and oxygen atoms in total. The van der Waals surface area contributed by atoms with Crippen molar-refractivity contribution < 1.29 is 9.59 Å². The molecule has 2 amide bonds. The third-order valence-electron chi connectivity index (χ3n) is 4.55. The predicted octanol–water partition coefficient (Wildman–Crippen LogP) is 3.75. The van der Waals surface area contributed by atoms with E-state index >= 15 is 0 Å². The van der Waals surface area contributed by atoms with Crippen LogP contribution in [-0.4, -0.2) is 39.5 Å². The highest BCUT2D eigenvalue weighted by Gasteiger charge is 2.35. The Morgan fingerprint density at radius 2 is 2.16 bits per heavy atom. The molecule has 1 fully saturated rings. The molecular weight excluding hydrogens is 356 g/mol. The first kappa shape index (κ1) is 18.0. The molecule has 0 saturated carbocycles. The number of aromatic nitrogens is 2.